The van der Waals surface area contributed by atoms with Gasteiger partial charge in [-0.3, -0.25) is 4.79 Å². The van der Waals surface area contributed by atoms with E-state index >= 15 is 4.39 Å². The van der Waals surface area contributed by atoms with Crippen LogP contribution in [0.1, 0.15) is 47.6 Å². The third-order valence-electron chi connectivity index (χ3n) is 7.03. The Morgan fingerprint density at radius 1 is 1.38 bits per heavy atom. The summed E-state index contributed by atoms with van der Waals surface area (Å²) in [4.78, 5) is 26.5. The summed E-state index contributed by atoms with van der Waals surface area (Å²) < 4.78 is 17.4. The third kappa shape index (κ3) is 2.51. The smallest absolute Gasteiger partial charge is 0.341 e. The minimum Gasteiger partial charge on any atom is -0.477 e. The summed E-state index contributed by atoms with van der Waals surface area (Å²) in [6, 6.07) is 0.407. The fourth-order valence-corrected chi connectivity index (χ4v) is 5.15. The fraction of sp³-hybridized carbons (Fsp3) is 0.524. The van der Waals surface area contributed by atoms with Crippen LogP contribution in [0.5, 0.6) is 0 Å². The summed E-state index contributed by atoms with van der Waals surface area (Å²) in [5.74, 6) is -1.94. The van der Waals surface area contributed by atoms with E-state index < -0.39 is 17.2 Å². The third-order valence-corrected chi connectivity index (χ3v) is 7.03. The van der Waals surface area contributed by atoms with E-state index in [0.717, 1.165) is 32.2 Å². The maximum absolute atomic E-state index is 15.5. The maximum atomic E-state index is 15.5. The Morgan fingerprint density at radius 3 is 2.59 bits per heavy atom. The minimum atomic E-state index is -1.32. The number of hydrogen-bond acceptors (Lipinski definition) is 5. The van der Waals surface area contributed by atoms with Gasteiger partial charge in [0.2, 0.25) is 5.43 Å². The molecule has 8 heteroatoms. The van der Waals surface area contributed by atoms with E-state index in [-0.39, 0.29) is 28.1 Å². The van der Waals surface area contributed by atoms with Crippen LogP contribution >= 0.6 is 0 Å². The molecule has 2 aromatic rings. The second kappa shape index (κ2) is 5.95. The van der Waals surface area contributed by atoms with E-state index in [2.05, 4.69) is 5.32 Å². The van der Waals surface area contributed by atoms with Gasteiger partial charge in [-0.2, -0.15) is 0 Å². The fourth-order valence-electron chi connectivity index (χ4n) is 5.15. The lowest BCUT2D eigenvalue weighted by Gasteiger charge is -2.25. The number of aromatic carboxylic acids is 1. The van der Waals surface area contributed by atoms with Gasteiger partial charge in [-0.1, -0.05) is 0 Å². The van der Waals surface area contributed by atoms with Crippen molar-refractivity contribution in [3.8, 4) is 0 Å². The molecule has 154 valence electrons. The zero-order valence-electron chi connectivity index (χ0n) is 16.6. The van der Waals surface area contributed by atoms with Crippen molar-refractivity contribution in [2.24, 2.45) is 5.41 Å². The number of aromatic nitrogens is 1. The predicted octanol–water partition coefficient (Wildman–Crippen LogP) is 2.25. The second-order valence-corrected chi connectivity index (χ2v) is 8.82. The molecule has 0 amide bonds. The second-order valence-electron chi connectivity index (χ2n) is 8.82. The van der Waals surface area contributed by atoms with E-state index in [1.165, 1.54) is 6.20 Å². The molecule has 3 aliphatic rings. The molecule has 4 N–H and O–H groups in total. The van der Waals surface area contributed by atoms with Crippen molar-refractivity contribution >= 4 is 28.2 Å². The highest BCUT2D eigenvalue weighted by Gasteiger charge is 2.55. The van der Waals surface area contributed by atoms with Gasteiger partial charge < -0.3 is 25.6 Å². The lowest BCUT2D eigenvalue weighted by atomic mass is 10.0. The van der Waals surface area contributed by atoms with Crippen LogP contribution in [-0.2, 0) is 0 Å². The standard InChI is InChI=1S/C21H25FN4O3/c1-10-17-14(19(27)12(20(28)29)7-26(17)11-3-4-11)16(23)15(22)18(10)25-8-13(24-2)21(9-25)5-6-21/h7,11,13,24H,3-6,8-9,23H2,1-2H3,(H,28,29). The molecule has 3 fully saturated rings. The van der Waals surface area contributed by atoms with Crippen LogP contribution in [0.25, 0.3) is 10.9 Å². The molecule has 1 saturated heterocycles. The number of carboxylic acids is 1. The lowest BCUT2D eigenvalue weighted by molar-refractivity contribution is 0.0695. The molecule has 2 heterocycles. The zero-order chi connectivity index (χ0) is 20.7. The highest BCUT2D eigenvalue weighted by atomic mass is 19.1. The van der Waals surface area contributed by atoms with Gasteiger partial charge >= 0.3 is 5.97 Å². The maximum Gasteiger partial charge on any atom is 0.341 e. The molecule has 1 aliphatic heterocycles. The van der Waals surface area contributed by atoms with Crippen molar-refractivity contribution in [2.75, 3.05) is 30.8 Å². The topological polar surface area (TPSA) is 101 Å². The number of benzene rings is 1. The van der Waals surface area contributed by atoms with E-state index in [0.29, 0.717) is 29.4 Å². The molecule has 1 spiro atoms. The Hall–Kier alpha value is -2.61. The first-order valence-electron chi connectivity index (χ1n) is 10.1. The van der Waals surface area contributed by atoms with Crippen molar-refractivity contribution in [3.05, 3.63) is 33.4 Å². The number of rotatable bonds is 4. The Balaban J connectivity index is 1.78. The van der Waals surface area contributed by atoms with Crippen molar-refractivity contribution in [3.63, 3.8) is 0 Å². The number of anilines is 2. The molecule has 5 rings (SSSR count). The average Bonchev–Trinajstić information content (AvgIpc) is 3.58. The number of pyridine rings is 1. The molecule has 1 unspecified atom stereocenters. The Morgan fingerprint density at radius 2 is 2.07 bits per heavy atom. The number of carboxylic acid groups (broad SMARTS) is 1. The highest BCUT2D eigenvalue weighted by molar-refractivity contribution is 6.01. The van der Waals surface area contributed by atoms with Crippen molar-refractivity contribution in [2.45, 2.75) is 44.7 Å². The van der Waals surface area contributed by atoms with Crippen LogP contribution < -0.4 is 21.4 Å². The molecule has 1 aromatic heterocycles. The van der Waals surface area contributed by atoms with Crippen LogP contribution in [-0.4, -0.2) is 41.8 Å². The first kappa shape index (κ1) is 18.4. The number of carbonyl (C=O) groups is 1. The molecular weight excluding hydrogens is 375 g/mol. The van der Waals surface area contributed by atoms with Crippen molar-refractivity contribution in [1.82, 2.24) is 9.88 Å². The Bertz CT molecular complexity index is 1120. The summed E-state index contributed by atoms with van der Waals surface area (Å²) >= 11 is 0. The van der Waals surface area contributed by atoms with Crippen LogP contribution in [0.2, 0.25) is 0 Å². The first-order chi connectivity index (χ1) is 13.8. The number of nitrogens with one attached hydrogen (secondary N) is 1. The first-order valence-corrected chi connectivity index (χ1v) is 10.1. The van der Waals surface area contributed by atoms with E-state index in [4.69, 9.17) is 5.73 Å². The Kier molecular flexibility index (Phi) is 3.78. The molecule has 1 aromatic carbocycles. The quantitative estimate of drug-likeness (QED) is 0.681. The summed E-state index contributed by atoms with van der Waals surface area (Å²) in [6.07, 6.45) is 5.44. The van der Waals surface area contributed by atoms with E-state index in [1.807, 2.05) is 23.4 Å². The van der Waals surface area contributed by atoms with Crippen LogP contribution in [0, 0.1) is 18.2 Å². The van der Waals surface area contributed by atoms with Crippen LogP contribution in [0.4, 0.5) is 15.8 Å². The number of likely N-dealkylation sites (N-methyl/N-ethyl adjacent to an activating group) is 1. The normalized spacial score (nSPS) is 22.6. The van der Waals surface area contributed by atoms with Crippen molar-refractivity contribution in [1.29, 1.82) is 0 Å². The van der Waals surface area contributed by atoms with Gasteiger partial charge in [0.1, 0.15) is 5.56 Å². The number of hydrogen-bond donors (Lipinski definition) is 3. The average molecular weight is 400 g/mol. The molecule has 7 nitrogen and oxygen atoms in total. The molecule has 2 saturated carbocycles. The molecule has 29 heavy (non-hydrogen) atoms. The van der Waals surface area contributed by atoms with Gasteiger partial charge in [-0.05, 0) is 45.2 Å². The SMILES string of the molecule is CNC1CN(c2c(F)c(N)c3c(=O)c(C(=O)O)cn(C4CC4)c3c2C)CC12CC2. The van der Waals surface area contributed by atoms with Gasteiger partial charge in [0, 0.05) is 36.8 Å². The number of nitrogens with zero attached hydrogens (tertiary/aromatic N) is 2. The monoisotopic (exact) mass is 400 g/mol. The number of aryl methyl sites for hydroxylation is 1. The number of nitrogens with two attached hydrogens (primary N) is 1. The van der Waals surface area contributed by atoms with Gasteiger partial charge in [0.15, 0.2) is 5.82 Å². The van der Waals surface area contributed by atoms with Crippen LogP contribution in [0.15, 0.2) is 11.0 Å². The van der Waals surface area contributed by atoms with E-state index in [9.17, 15) is 14.7 Å². The lowest BCUT2D eigenvalue weighted by Crippen LogP contribution is -2.34. The van der Waals surface area contributed by atoms with Gasteiger partial charge in [0.25, 0.3) is 0 Å². The summed E-state index contributed by atoms with van der Waals surface area (Å²) in [7, 11) is 1.93. The number of fused-ring (bicyclic) bond motifs is 1. The molecule has 1 atom stereocenters. The van der Waals surface area contributed by atoms with Crippen LogP contribution in [0.3, 0.4) is 0 Å². The summed E-state index contributed by atoms with van der Waals surface area (Å²) in [5.41, 5.74) is 6.65. The molecule has 2 aliphatic carbocycles. The Labute approximate surface area is 167 Å². The molecular formula is C21H25FN4O3. The largest absolute Gasteiger partial charge is 0.477 e. The number of halogens is 1. The zero-order valence-corrected chi connectivity index (χ0v) is 16.6. The van der Waals surface area contributed by atoms with Crippen molar-refractivity contribution < 1.29 is 14.3 Å². The summed E-state index contributed by atoms with van der Waals surface area (Å²) in [5, 5.41) is 12.8. The molecule has 0 bridgehead atoms. The number of nitrogen functional groups attached to an aromatic ring is 1. The summed E-state index contributed by atoms with van der Waals surface area (Å²) in [6.45, 7) is 3.24. The predicted molar refractivity (Wildman–Crippen MR) is 109 cm³/mol. The molecule has 0 radical (unpaired) electrons. The van der Waals surface area contributed by atoms with Gasteiger partial charge in [-0.25, -0.2) is 9.18 Å². The van der Waals surface area contributed by atoms with Gasteiger partial charge in [-0.15, -0.1) is 0 Å². The van der Waals surface area contributed by atoms with Gasteiger partial charge in [0.05, 0.1) is 22.3 Å². The highest BCUT2D eigenvalue weighted by Crippen LogP contribution is 2.54. The minimum absolute atomic E-state index is 0.0129. The van der Waals surface area contributed by atoms with E-state index in [1.54, 1.807) is 0 Å².